The fourth-order valence-electron chi connectivity index (χ4n) is 5.06. The summed E-state index contributed by atoms with van der Waals surface area (Å²) in [7, 11) is 0. The number of anilines is 1. The van der Waals surface area contributed by atoms with Gasteiger partial charge in [0.25, 0.3) is 5.91 Å². The SMILES string of the molecule is Cc1cc2c(CC(=O)OCc3ccccc3)cccc2n1C(=O)c1ccc(OC[C@@H]2CNc3ccccc3O2)cc1. The number of fused-ring (bicyclic) bond motifs is 2. The number of carbonyl (C=O) groups is 2. The van der Waals surface area contributed by atoms with Crippen molar-refractivity contribution in [3.05, 3.63) is 126 Å². The smallest absolute Gasteiger partial charge is 0.310 e. The number of nitrogens with zero attached hydrogens (tertiary/aromatic N) is 1. The van der Waals surface area contributed by atoms with Crippen molar-refractivity contribution in [2.24, 2.45) is 0 Å². The minimum atomic E-state index is -0.313. The summed E-state index contributed by atoms with van der Waals surface area (Å²) >= 11 is 0. The van der Waals surface area contributed by atoms with Crippen LogP contribution in [0.25, 0.3) is 10.9 Å². The van der Waals surface area contributed by atoms with Crippen LogP contribution in [0, 0.1) is 6.92 Å². The molecule has 0 bridgehead atoms. The van der Waals surface area contributed by atoms with Gasteiger partial charge in [-0.15, -0.1) is 0 Å². The summed E-state index contributed by atoms with van der Waals surface area (Å²) in [6.07, 6.45) is 0.00422. The normalized spacial score (nSPS) is 14.0. The molecule has 0 unspecified atom stereocenters. The highest BCUT2D eigenvalue weighted by molar-refractivity contribution is 6.04. The molecular formula is C34H30N2O5. The number of hydrogen-bond acceptors (Lipinski definition) is 6. The van der Waals surface area contributed by atoms with E-state index in [1.165, 1.54) is 0 Å². The van der Waals surface area contributed by atoms with Crippen LogP contribution in [0.5, 0.6) is 11.5 Å². The largest absolute Gasteiger partial charge is 0.490 e. The first-order chi connectivity index (χ1) is 20.0. The van der Waals surface area contributed by atoms with Gasteiger partial charge in [0.2, 0.25) is 0 Å². The zero-order valence-electron chi connectivity index (χ0n) is 22.7. The van der Waals surface area contributed by atoms with E-state index in [0.29, 0.717) is 24.5 Å². The number of benzene rings is 4. The third-order valence-corrected chi connectivity index (χ3v) is 7.14. The van der Waals surface area contributed by atoms with E-state index in [2.05, 4.69) is 5.32 Å². The van der Waals surface area contributed by atoms with Crippen molar-refractivity contribution in [3.8, 4) is 11.5 Å². The maximum absolute atomic E-state index is 13.6. The topological polar surface area (TPSA) is 78.8 Å². The maximum Gasteiger partial charge on any atom is 0.310 e. The van der Waals surface area contributed by atoms with Gasteiger partial charge in [0.05, 0.1) is 24.2 Å². The first-order valence-corrected chi connectivity index (χ1v) is 13.6. The lowest BCUT2D eigenvalue weighted by Gasteiger charge is -2.27. The fourth-order valence-corrected chi connectivity index (χ4v) is 5.06. The Hall–Kier alpha value is -5.04. The summed E-state index contributed by atoms with van der Waals surface area (Å²) < 4.78 is 19.1. The Labute approximate surface area is 238 Å². The highest BCUT2D eigenvalue weighted by atomic mass is 16.5. The van der Waals surface area contributed by atoms with Gasteiger partial charge in [0.15, 0.2) is 0 Å². The molecule has 0 amide bonds. The summed E-state index contributed by atoms with van der Waals surface area (Å²) in [6.45, 7) is 3.16. The molecule has 4 aromatic carbocycles. The molecule has 0 aliphatic carbocycles. The number of ether oxygens (including phenoxy) is 3. The molecule has 1 aliphatic heterocycles. The lowest BCUT2D eigenvalue weighted by Crippen LogP contribution is -2.35. The summed E-state index contributed by atoms with van der Waals surface area (Å²) in [5, 5.41) is 4.22. The molecule has 5 aromatic rings. The molecule has 0 saturated heterocycles. The van der Waals surface area contributed by atoms with Gasteiger partial charge in [0, 0.05) is 16.6 Å². The van der Waals surface area contributed by atoms with Crippen molar-refractivity contribution in [1.29, 1.82) is 0 Å². The molecular weight excluding hydrogens is 516 g/mol. The predicted molar refractivity (Wildman–Crippen MR) is 158 cm³/mol. The number of aryl methyl sites for hydroxylation is 1. The van der Waals surface area contributed by atoms with Gasteiger partial charge in [-0.25, -0.2) is 0 Å². The van der Waals surface area contributed by atoms with Gasteiger partial charge in [0.1, 0.15) is 30.8 Å². The Morgan fingerprint density at radius 3 is 2.54 bits per heavy atom. The van der Waals surface area contributed by atoms with E-state index in [1.807, 2.05) is 85.8 Å². The number of esters is 1. The van der Waals surface area contributed by atoms with Crippen molar-refractivity contribution in [1.82, 2.24) is 4.57 Å². The molecule has 1 aromatic heterocycles. The van der Waals surface area contributed by atoms with Gasteiger partial charge in [-0.2, -0.15) is 0 Å². The number of carbonyl (C=O) groups excluding carboxylic acids is 2. The summed E-state index contributed by atoms with van der Waals surface area (Å²) in [5.74, 6) is 1.01. The number of nitrogens with one attached hydrogen (secondary N) is 1. The molecule has 0 saturated carbocycles. The van der Waals surface area contributed by atoms with E-state index in [-0.39, 0.29) is 31.0 Å². The standard InChI is InChI=1S/C34H30N2O5/c1-23-18-29-26(19-33(37)40-21-24-8-3-2-4-9-24)10-7-12-31(29)36(23)34(38)25-14-16-27(17-15-25)39-22-28-20-35-30-11-5-6-13-32(30)41-28/h2-18,28,35H,19-22H2,1H3/t28-/m0/s1. The number of para-hydroxylation sites is 2. The molecule has 6 rings (SSSR count). The van der Waals surface area contributed by atoms with Crippen LogP contribution in [-0.4, -0.2) is 35.7 Å². The second-order valence-electron chi connectivity index (χ2n) is 10.1. The monoisotopic (exact) mass is 546 g/mol. The predicted octanol–water partition coefficient (Wildman–Crippen LogP) is 6.18. The van der Waals surface area contributed by atoms with Gasteiger partial charge < -0.3 is 19.5 Å². The quantitative estimate of drug-likeness (QED) is 0.234. The molecule has 7 heteroatoms. The third-order valence-electron chi connectivity index (χ3n) is 7.14. The van der Waals surface area contributed by atoms with Crippen LogP contribution in [0.1, 0.15) is 27.2 Å². The molecule has 7 nitrogen and oxygen atoms in total. The van der Waals surface area contributed by atoms with E-state index in [1.54, 1.807) is 28.8 Å². The average molecular weight is 547 g/mol. The molecule has 206 valence electrons. The van der Waals surface area contributed by atoms with E-state index >= 15 is 0 Å². The van der Waals surface area contributed by atoms with Crippen molar-refractivity contribution in [2.75, 3.05) is 18.5 Å². The minimum absolute atomic E-state index is 0.120. The van der Waals surface area contributed by atoms with Gasteiger partial charge in [-0.05, 0) is 66.6 Å². The third kappa shape index (κ3) is 5.79. The Bertz CT molecular complexity index is 1690. The molecule has 1 aliphatic rings. The second kappa shape index (κ2) is 11.6. The van der Waals surface area contributed by atoms with Crippen molar-refractivity contribution >= 4 is 28.5 Å². The molecule has 1 N–H and O–H groups in total. The van der Waals surface area contributed by atoms with Gasteiger partial charge >= 0.3 is 5.97 Å². The molecule has 0 radical (unpaired) electrons. The van der Waals surface area contributed by atoms with E-state index in [0.717, 1.165) is 39.2 Å². The van der Waals surface area contributed by atoms with Crippen LogP contribution in [0.4, 0.5) is 5.69 Å². The highest BCUT2D eigenvalue weighted by Gasteiger charge is 2.20. The van der Waals surface area contributed by atoms with Crippen LogP contribution in [0.3, 0.4) is 0 Å². The van der Waals surface area contributed by atoms with Crippen LogP contribution in [0.15, 0.2) is 103 Å². The first kappa shape index (κ1) is 26.2. The lowest BCUT2D eigenvalue weighted by molar-refractivity contribution is -0.144. The number of rotatable bonds is 8. The van der Waals surface area contributed by atoms with E-state index < -0.39 is 0 Å². The Balaban J connectivity index is 1.11. The Kier molecular flexibility index (Phi) is 7.41. The molecule has 41 heavy (non-hydrogen) atoms. The molecule has 1 atom stereocenters. The second-order valence-corrected chi connectivity index (χ2v) is 10.1. The van der Waals surface area contributed by atoms with Crippen molar-refractivity contribution in [3.63, 3.8) is 0 Å². The van der Waals surface area contributed by atoms with Crippen LogP contribution >= 0.6 is 0 Å². The highest BCUT2D eigenvalue weighted by Crippen LogP contribution is 2.29. The van der Waals surface area contributed by atoms with Crippen molar-refractivity contribution in [2.45, 2.75) is 26.1 Å². The Morgan fingerprint density at radius 2 is 1.71 bits per heavy atom. The van der Waals surface area contributed by atoms with E-state index in [9.17, 15) is 9.59 Å². The summed E-state index contributed by atoms with van der Waals surface area (Å²) in [4.78, 5) is 26.2. The zero-order valence-corrected chi connectivity index (χ0v) is 22.7. The average Bonchev–Trinajstić information content (AvgIpc) is 3.36. The van der Waals surface area contributed by atoms with Gasteiger partial charge in [-0.1, -0.05) is 54.6 Å². The van der Waals surface area contributed by atoms with Crippen molar-refractivity contribution < 1.29 is 23.8 Å². The fraction of sp³-hybridized carbons (Fsp3) is 0.176. The lowest BCUT2D eigenvalue weighted by atomic mass is 10.1. The summed E-state index contributed by atoms with van der Waals surface area (Å²) in [5.41, 5.74) is 4.82. The Morgan fingerprint density at radius 1 is 0.927 bits per heavy atom. The minimum Gasteiger partial charge on any atom is -0.490 e. The zero-order chi connectivity index (χ0) is 28.2. The number of hydrogen-bond donors (Lipinski definition) is 1. The van der Waals surface area contributed by atoms with E-state index in [4.69, 9.17) is 14.2 Å². The maximum atomic E-state index is 13.6. The summed E-state index contributed by atoms with van der Waals surface area (Å²) in [6, 6.07) is 32.2. The van der Waals surface area contributed by atoms with Crippen LogP contribution in [-0.2, 0) is 22.6 Å². The van der Waals surface area contributed by atoms with Crippen LogP contribution < -0.4 is 14.8 Å². The molecule has 0 spiro atoms. The first-order valence-electron chi connectivity index (χ1n) is 13.6. The number of aromatic nitrogens is 1. The molecule has 2 heterocycles. The molecule has 0 fully saturated rings. The van der Waals surface area contributed by atoms with Gasteiger partial charge in [-0.3, -0.25) is 14.2 Å². The van der Waals surface area contributed by atoms with Crippen LogP contribution in [0.2, 0.25) is 0 Å².